The molecular formula is C20H20ClNO4. The Hall–Kier alpha value is -2.53. The normalized spacial score (nSPS) is 16.7. The van der Waals surface area contributed by atoms with E-state index in [0.717, 1.165) is 17.7 Å². The lowest BCUT2D eigenvalue weighted by Crippen LogP contribution is -2.43. The number of ether oxygens (including phenoxy) is 2. The molecule has 136 valence electrons. The van der Waals surface area contributed by atoms with Gasteiger partial charge in [0.1, 0.15) is 5.75 Å². The molecule has 2 aromatic rings. The van der Waals surface area contributed by atoms with E-state index < -0.39 is 12.1 Å². The van der Waals surface area contributed by atoms with Crippen LogP contribution in [0.1, 0.15) is 19.4 Å². The Morgan fingerprint density at radius 1 is 1.23 bits per heavy atom. The summed E-state index contributed by atoms with van der Waals surface area (Å²) in [7, 11) is 0. The quantitative estimate of drug-likeness (QED) is 0.751. The Labute approximate surface area is 157 Å². The minimum absolute atomic E-state index is 0.0313. The van der Waals surface area contributed by atoms with Crippen LogP contribution in [0.15, 0.2) is 48.5 Å². The molecule has 0 aromatic heterocycles. The van der Waals surface area contributed by atoms with Crippen LogP contribution in [-0.2, 0) is 20.7 Å². The summed E-state index contributed by atoms with van der Waals surface area (Å²) in [6.45, 7) is 3.27. The summed E-state index contributed by atoms with van der Waals surface area (Å²) in [6.07, 6.45) is -0.0976. The minimum atomic E-state index is -0.890. The fourth-order valence-corrected chi connectivity index (χ4v) is 3.26. The number of benzene rings is 2. The molecule has 1 aliphatic rings. The van der Waals surface area contributed by atoms with Crippen molar-refractivity contribution in [3.05, 3.63) is 59.1 Å². The number of para-hydroxylation sites is 1. The molecule has 1 heterocycles. The van der Waals surface area contributed by atoms with Gasteiger partial charge in [0.15, 0.2) is 12.7 Å². The number of nitrogens with zero attached hydrogens (tertiary/aromatic N) is 1. The Kier molecular flexibility index (Phi) is 5.47. The van der Waals surface area contributed by atoms with Crippen LogP contribution in [0.5, 0.6) is 5.75 Å². The summed E-state index contributed by atoms with van der Waals surface area (Å²) in [5.74, 6) is -0.375. The molecule has 0 radical (unpaired) electrons. The van der Waals surface area contributed by atoms with E-state index >= 15 is 0 Å². The van der Waals surface area contributed by atoms with Gasteiger partial charge >= 0.3 is 5.97 Å². The zero-order valence-corrected chi connectivity index (χ0v) is 15.4. The van der Waals surface area contributed by atoms with Gasteiger partial charge in [-0.05, 0) is 50.1 Å². The van der Waals surface area contributed by atoms with Crippen LogP contribution in [0.2, 0.25) is 5.02 Å². The molecule has 1 amide bonds. The highest BCUT2D eigenvalue weighted by atomic mass is 35.5. The van der Waals surface area contributed by atoms with Crippen molar-refractivity contribution in [2.75, 3.05) is 11.5 Å². The van der Waals surface area contributed by atoms with Crippen molar-refractivity contribution in [1.29, 1.82) is 0 Å². The number of fused-ring (bicyclic) bond motifs is 1. The van der Waals surface area contributed by atoms with Crippen molar-refractivity contribution in [3.8, 4) is 5.75 Å². The number of hydrogen-bond acceptors (Lipinski definition) is 4. The first-order valence-corrected chi connectivity index (χ1v) is 8.82. The van der Waals surface area contributed by atoms with E-state index in [1.165, 1.54) is 0 Å². The third-order valence-corrected chi connectivity index (χ3v) is 4.49. The molecule has 0 aliphatic carbocycles. The molecule has 26 heavy (non-hydrogen) atoms. The molecule has 0 fully saturated rings. The van der Waals surface area contributed by atoms with Gasteiger partial charge in [0.2, 0.25) is 0 Å². The number of rotatable bonds is 5. The zero-order chi connectivity index (χ0) is 18.7. The average Bonchev–Trinajstić information content (AvgIpc) is 2.95. The van der Waals surface area contributed by atoms with Crippen LogP contribution in [0.4, 0.5) is 5.69 Å². The van der Waals surface area contributed by atoms with Gasteiger partial charge in [0, 0.05) is 16.8 Å². The van der Waals surface area contributed by atoms with Crippen molar-refractivity contribution in [3.63, 3.8) is 0 Å². The maximum atomic E-state index is 12.8. The predicted octanol–water partition coefficient (Wildman–Crippen LogP) is 3.63. The van der Waals surface area contributed by atoms with Gasteiger partial charge in [-0.1, -0.05) is 35.9 Å². The van der Waals surface area contributed by atoms with Gasteiger partial charge in [-0.2, -0.15) is 0 Å². The van der Waals surface area contributed by atoms with Crippen LogP contribution in [0.25, 0.3) is 0 Å². The van der Waals surface area contributed by atoms with Crippen LogP contribution in [0, 0.1) is 0 Å². The smallest absolute Gasteiger partial charge is 0.344 e. The molecule has 0 bridgehead atoms. The number of anilines is 1. The summed E-state index contributed by atoms with van der Waals surface area (Å²) in [6, 6.07) is 14.5. The Morgan fingerprint density at radius 3 is 2.77 bits per heavy atom. The van der Waals surface area contributed by atoms with Crippen LogP contribution < -0.4 is 9.64 Å². The second kappa shape index (κ2) is 7.79. The molecule has 3 rings (SSSR count). The van der Waals surface area contributed by atoms with Crippen molar-refractivity contribution < 1.29 is 19.1 Å². The lowest BCUT2D eigenvalue weighted by Gasteiger charge is -2.25. The largest absolute Gasteiger partial charge is 0.482 e. The molecule has 0 spiro atoms. The molecule has 0 unspecified atom stereocenters. The van der Waals surface area contributed by atoms with E-state index in [1.54, 1.807) is 36.1 Å². The number of halogens is 1. The molecule has 0 saturated heterocycles. The fourth-order valence-electron chi connectivity index (χ4n) is 3.08. The molecular weight excluding hydrogens is 354 g/mol. The molecule has 6 heteroatoms. The number of esters is 1. The highest BCUT2D eigenvalue weighted by Gasteiger charge is 2.34. The molecule has 1 aliphatic heterocycles. The highest BCUT2D eigenvalue weighted by molar-refractivity contribution is 6.30. The zero-order valence-electron chi connectivity index (χ0n) is 14.6. The van der Waals surface area contributed by atoms with Crippen molar-refractivity contribution in [1.82, 2.24) is 0 Å². The number of carbonyl (C=O) groups is 2. The fraction of sp³-hybridized carbons (Fsp3) is 0.300. The third kappa shape index (κ3) is 3.99. The second-order valence-corrected chi connectivity index (χ2v) is 6.70. The molecule has 2 atom stereocenters. The van der Waals surface area contributed by atoms with E-state index in [9.17, 15) is 9.59 Å². The van der Waals surface area contributed by atoms with Gasteiger partial charge in [-0.25, -0.2) is 4.79 Å². The molecule has 0 saturated carbocycles. The summed E-state index contributed by atoms with van der Waals surface area (Å²) < 4.78 is 10.6. The van der Waals surface area contributed by atoms with Gasteiger partial charge in [0.05, 0.1) is 0 Å². The van der Waals surface area contributed by atoms with E-state index in [1.807, 2.05) is 31.2 Å². The van der Waals surface area contributed by atoms with Gasteiger partial charge < -0.3 is 14.4 Å². The Bertz CT molecular complexity index is 823. The van der Waals surface area contributed by atoms with Crippen molar-refractivity contribution in [2.45, 2.75) is 32.4 Å². The topological polar surface area (TPSA) is 55.8 Å². The van der Waals surface area contributed by atoms with Crippen molar-refractivity contribution in [2.24, 2.45) is 0 Å². The first-order valence-electron chi connectivity index (χ1n) is 8.44. The number of hydrogen-bond donors (Lipinski definition) is 0. The van der Waals surface area contributed by atoms with Gasteiger partial charge in [-0.15, -0.1) is 0 Å². The third-order valence-electron chi connectivity index (χ3n) is 4.25. The first-order chi connectivity index (χ1) is 12.5. The van der Waals surface area contributed by atoms with E-state index in [4.69, 9.17) is 21.1 Å². The lowest BCUT2D eigenvalue weighted by atomic mass is 10.1. The highest BCUT2D eigenvalue weighted by Crippen LogP contribution is 2.32. The lowest BCUT2D eigenvalue weighted by molar-refractivity contribution is -0.155. The second-order valence-electron chi connectivity index (χ2n) is 6.27. The van der Waals surface area contributed by atoms with Crippen LogP contribution in [0.3, 0.4) is 0 Å². The molecule has 2 aromatic carbocycles. The standard InChI is InChI=1S/C20H20ClNO4/c1-13-10-15-6-3-4-9-18(15)22(13)20(24)14(2)26-19(23)12-25-17-8-5-7-16(21)11-17/h3-9,11,13-14H,10,12H2,1-2H3/t13-,14+/m1/s1. The Balaban J connectivity index is 1.58. The summed E-state index contributed by atoms with van der Waals surface area (Å²) in [4.78, 5) is 26.5. The maximum absolute atomic E-state index is 12.8. The van der Waals surface area contributed by atoms with Crippen molar-refractivity contribution >= 4 is 29.2 Å². The number of amides is 1. The number of carbonyl (C=O) groups excluding carboxylic acids is 2. The van der Waals surface area contributed by atoms with Gasteiger partial charge in [-0.3, -0.25) is 4.79 Å². The SMILES string of the molecule is C[C@H](OC(=O)COc1cccc(Cl)c1)C(=O)N1c2ccccc2C[C@H]1C. The summed E-state index contributed by atoms with van der Waals surface area (Å²) >= 11 is 5.87. The average molecular weight is 374 g/mol. The molecule has 0 N–H and O–H groups in total. The first kappa shape index (κ1) is 18.3. The van der Waals surface area contributed by atoms with Gasteiger partial charge in [0.25, 0.3) is 5.91 Å². The van der Waals surface area contributed by atoms with Crippen LogP contribution in [-0.4, -0.2) is 30.6 Å². The van der Waals surface area contributed by atoms with E-state index in [-0.39, 0.29) is 18.6 Å². The minimum Gasteiger partial charge on any atom is -0.482 e. The van der Waals surface area contributed by atoms with Crippen LogP contribution >= 0.6 is 11.6 Å². The predicted molar refractivity (Wildman–Crippen MR) is 99.6 cm³/mol. The maximum Gasteiger partial charge on any atom is 0.344 e. The monoisotopic (exact) mass is 373 g/mol. The summed E-state index contributed by atoms with van der Waals surface area (Å²) in [5.41, 5.74) is 2.00. The molecule has 5 nitrogen and oxygen atoms in total. The van der Waals surface area contributed by atoms with E-state index in [0.29, 0.717) is 10.8 Å². The Morgan fingerprint density at radius 2 is 2.00 bits per heavy atom. The van der Waals surface area contributed by atoms with E-state index in [2.05, 4.69) is 0 Å². The summed E-state index contributed by atoms with van der Waals surface area (Å²) in [5, 5.41) is 0.515.